The molecular weight excluding hydrogens is 399 g/mol. The number of nitro groups is 1. The Balaban J connectivity index is 2.19. The number of halogens is 1. The topological polar surface area (TPSA) is 130 Å². The molecule has 1 aliphatic rings. The lowest BCUT2D eigenvalue weighted by Crippen LogP contribution is -2.32. The van der Waals surface area contributed by atoms with Gasteiger partial charge in [-0.05, 0) is 36.8 Å². The van der Waals surface area contributed by atoms with Crippen LogP contribution >= 0.6 is 0 Å². The van der Waals surface area contributed by atoms with Gasteiger partial charge in [-0.2, -0.15) is 4.98 Å². The summed E-state index contributed by atoms with van der Waals surface area (Å²) in [5, 5.41) is 11.6. The van der Waals surface area contributed by atoms with Crippen molar-refractivity contribution >= 4 is 23.3 Å². The first-order valence-corrected chi connectivity index (χ1v) is 8.98. The minimum absolute atomic E-state index is 0.0232. The van der Waals surface area contributed by atoms with Gasteiger partial charge in [0.05, 0.1) is 18.1 Å². The summed E-state index contributed by atoms with van der Waals surface area (Å²) < 4.78 is 30.1. The fraction of sp³-hybridized carbons (Fsp3) is 0.263. The van der Waals surface area contributed by atoms with Gasteiger partial charge in [0.15, 0.2) is 0 Å². The zero-order chi connectivity index (χ0) is 21.7. The quantitative estimate of drug-likeness (QED) is 0.447. The minimum Gasteiger partial charge on any atom is -0.489 e. The van der Waals surface area contributed by atoms with Crippen LogP contribution in [0.4, 0.5) is 26.4 Å². The summed E-state index contributed by atoms with van der Waals surface area (Å²) >= 11 is 0. The number of benzene rings is 1. The van der Waals surface area contributed by atoms with Gasteiger partial charge in [0, 0.05) is 12.1 Å². The third-order valence-corrected chi connectivity index (χ3v) is 4.05. The zero-order valence-corrected chi connectivity index (χ0v) is 16.0. The molecule has 0 unspecified atom stereocenters. The molecule has 2 heterocycles. The van der Waals surface area contributed by atoms with Crippen molar-refractivity contribution in [2.75, 3.05) is 30.5 Å². The summed E-state index contributed by atoms with van der Waals surface area (Å²) in [5.41, 5.74) is 5.33. The maximum absolute atomic E-state index is 14.1. The Kier molecular flexibility index (Phi) is 6.30. The smallest absolute Gasteiger partial charge is 0.414 e. The van der Waals surface area contributed by atoms with Crippen molar-refractivity contribution in [1.82, 2.24) is 4.98 Å². The predicted octanol–water partition coefficient (Wildman–Crippen LogP) is 3.20. The van der Waals surface area contributed by atoms with Crippen LogP contribution in [0, 0.1) is 15.9 Å². The molecule has 1 amide bonds. The van der Waals surface area contributed by atoms with Gasteiger partial charge < -0.3 is 19.9 Å². The lowest BCUT2D eigenvalue weighted by molar-refractivity contribution is -0.383. The van der Waals surface area contributed by atoms with Gasteiger partial charge in [0.25, 0.3) is 0 Å². The Morgan fingerprint density at radius 1 is 1.30 bits per heavy atom. The molecule has 10 nitrogen and oxygen atoms in total. The number of nitrogens with zero attached hydrogens (tertiary/aromatic N) is 3. The van der Waals surface area contributed by atoms with Crippen molar-refractivity contribution in [1.29, 1.82) is 0 Å². The molecule has 0 radical (unpaired) electrons. The number of aromatic nitrogens is 1. The summed E-state index contributed by atoms with van der Waals surface area (Å²) in [6, 6.07) is 5.14. The molecule has 0 atom stereocenters. The van der Waals surface area contributed by atoms with Crippen molar-refractivity contribution in [2.45, 2.75) is 13.5 Å². The standard InChI is InChI=1S/C19H19FN4O6/c1-2-28-19(25)23-11-12-7-13(20)9-14(8-12)29-5-3-4-6-30-16-10-15(23)17(24(26)27)18(21)22-16/h3-4,7-10H,2,5-6,11H2,1H3,(H2,21,22)/b4-3+. The molecule has 2 N–H and O–H groups in total. The highest BCUT2D eigenvalue weighted by Gasteiger charge is 2.30. The van der Waals surface area contributed by atoms with Gasteiger partial charge in [-0.15, -0.1) is 0 Å². The number of hydrogen-bond acceptors (Lipinski definition) is 8. The van der Waals surface area contributed by atoms with Crippen molar-refractivity contribution in [3.05, 3.63) is 57.9 Å². The largest absolute Gasteiger partial charge is 0.489 e. The van der Waals surface area contributed by atoms with Crippen LogP contribution in [0.1, 0.15) is 12.5 Å². The Bertz CT molecular complexity index is 997. The Labute approximate surface area is 170 Å². The number of nitrogens with two attached hydrogens (primary N) is 1. The average molecular weight is 418 g/mol. The third-order valence-electron chi connectivity index (χ3n) is 4.05. The number of anilines is 2. The monoisotopic (exact) mass is 418 g/mol. The fourth-order valence-corrected chi connectivity index (χ4v) is 2.83. The van der Waals surface area contributed by atoms with E-state index in [0.717, 1.165) is 4.90 Å². The Morgan fingerprint density at radius 3 is 2.73 bits per heavy atom. The molecule has 1 aromatic carbocycles. The molecule has 30 heavy (non-hydrogen) atoms. The van der Waals surface area contributed by atoms with Gasteiger partial charge >= 0.3 is 11.8 Å². The summed E-state index contributed by atoms with van der Waals surface area (Å²) in [4.78, 5) is 28.4. The molecule has 11 heteroatoms. The minimum atomic E-state index is -0.879. The molecule has 1 aliphatic heterocycles. The molecule has 3 rings (SSSR count). The van der Waals surface area contributed by atoms with E-state index in [4.69, 9.17) is 19.9 Å². The highest BCUT2D eigenvalue weighted by molar-refractivity contribution is 5.92. The fourth-order valence-electron chi connectivity index (χ4n) is 2.83. The van der Waals surface area contributed by atoms with E-state index in [1.54, 1.807) is 19.1 Å². The molecule has 0 aliphatic carbocycles. The van der Waals surface area contributed by atoms with Crippen molar-refractivity contribution in [3.63, 3.8) is 0 Å². The lowest BCUT2D eigenvalue weighted by Gasteiger charge is -2.23. The highest BCUT2D eigenvalue weighted by atomic mass is 19.1. The first-order valence-electron chi connectivity index (χ1n) is 8.98. The molecule has 2 aromatic rings. The SMILES string of the molecule is CCOC(=O)N1Cc2cc(F)cc(c2)OC/C=C/COc2cc1c([N+](=O)[O-])c(N)n2. The molecule has 158 valence electrons. The second kappa shape index (κ2) is 9.07. The number of nitrogen functional groups attached to an aromatic ring is 1. The molecule has 0 saturated carbocycles. The van der Waals surface area contributed by atoms with Gasteiger partial charge in [-0.1, -0.05) is 0 Å². The van der Waals surface area contributed by atoms with E-state index in [1.807, 2.05) is 0 Å². The molecule has 0 fully saturated rings. The number of rotatable bonds is 2. The van der Waals surface area contributed by atoms with Crippen LogP contribution in [-0.2, 0) is 11.3 Å². The van der Waals surface area contributed by atoms with Crippen LogP contribution in [-0.4, -0.2) is 35.8 Å². The van der Waals surface area contributed by atoms with E-state index in [1.165, 1.54) is 24.3 Å². The molecule has 1 aromatic heterocycles. The van der Waals surface area contributed by atoms with E-state index >= 15 is 0 Å². The van der Waals surface area contributed by atoms with E-state index < -0.39 is 28.3 Å². The van der Waals surface area contributed by atoms with Crippen LogP contribution in [0.2, 0.25) is 0 Å². The van der Waals surface area contributed by atoms with E-state index in [2.05, 4.69) is 4.98 Å². The summed E-state index contributed by atoms with van der Waals surface area (Å²) in [5.74, 6) is -0.804. The number of hydrogen-bond donors (Lipinski definition) is 1. The number of fused-ring (bicyclic) bond motifs is 4. The van der Waals surface area contributed by atoms with Crippen LogP contribution in [0.25, 0.3) is 0 Å². The average Bonchev–Trinajstić information content (AvgIpc) is 2.67. The van der Waals surface area contributed by atoms with Crippen molar-refractivity contribution in [2.24, 2.45) is 0 Å². The number of ether oxygens (including phenoxy) is 3. The second-order valence-electron chi connectivity index (χ2n) is 6.14. The number of carbonyl (C=O) groups excluding carboxylic acids is 1. The lowest BCUT2D eigenvalue weighted by atomic mass is 10.1. The number of pyridine rings is 1. The van der Waals surface area contributed by atoms with Crippen molar-refractivity contribution < 1.29 is 28.3 Å². The van der Waals surface area contributed by atoms with E-state index in [-0.39, 0.29) is 43.7 Å². The summed E-state index contributed by atoms with van der Waals surface area (Å²) in [6.45, 7) is 1.60. The van der Waals surface area contributed by atoms with Gasteiger partial charge in [-0.3, -0.25) is 15.0 Å². The Morgan fingerprint density at radius 2 is 2.03 bits per heavy atom. The van der Waals surface area contributed by atoms with Crippen molar-refractivity contribution in [3.8, 4) is 11.6 Å². The van der Waals surface area contributed by atoms with Gasteiger partial charge in [-0.25, -0.2) is 9.18 Å². The molecule has 4 bridgehead atoms. The molecule has 0 saturated heterocycles. The normalized spacial score (nSPS) is 14.7. The van der Waals surface area contributed by atoms with Crippen LogP contribution in [0.15, 0.2) is 36.4 Å². The highest BCUT2D eigenvalue weighted by Crippen LogP contribution is 2.37. The predicted molar refractivity (Wildman–Crippen MR) is 105 cm³/mol. The van der Waals surface area contributed by atoms with Gasteiger partial charge in [0.1, 0.15) is 30.5 Å². The van der Waals surface area contributed by atoms with E-state index in [0.29, 0.717) is 5.56 Å². The van der Waals surface area contributed by atoms with E-state index in [9.17, 15) is 19.3 Å². The maximum atomic E-state index is 14.1. The third kappa shape index (κ3) is 4.74. The summed E-state index contributed by atoms with van der Waals surface area (Å²) in [7, 11) is 0. The summed E-state index contributed by atoms with van der Waals surface area (Å²) in [6.07, 6.45) is 2.42. The first kappa shape index (κ1) is 20.8. The zero-order valence-electron chi connectivity index (χ0n) is 16.0. The van der Waals surface area contributed by atoms with Crippen LogP contribution in [0.5, 0.6) is 11.6 Å². The van der Waals surface area contributed by atoms with Crippen LogP contribution < -0.4 is 20.1 Å². The van der Waals surface area contributed by atoms with Crippen LogP contribution in [0.3, 0.4) is 0 Å². The Hall–Kier alpha value is -3.89. The first-order chi connectivity index (χ1) is 14.4. The molecule has 0 spiro atoms. The second-order valence-corrected chi connectivity index (χ2v) is 6.14. The maximum Gasteiger partial charge on any atom is 0.414 e. The van der Waals surface area contributed by atoms with Gasteiger partial charge in [0.2, 0.25) is 11.7 Å². The number of carbonyl (C=O) groups is 1. The number of amides is 1. The molecular formula is C19H19FN4O6.